The van der Waals surface area contributed by atoms with E-state index in [0.29, 0.717) is 35.9 Å². The van der Waals surface area contributed by atoms with Gasteiger partial charge in [0.25, 0.3) is 5.91 Å². The molecule has 0 saturated heterocycles. The van der Waals surface area contributed by atoms with Crippen LogP contribution in [0.25, 0.3) is 0 Å². The Hall–Kier alpha value is -2.30. The minimum atomic E-state index is -3.76. The summed E-state index contributed by atoms with van der Waals surface area (Å²) in [6, 6.07) is 6.09. The topological polar surface area (TPSA) is 108 Å². The molecule has 0 radical (unpaired) electrons. The van der Waals surface area contributed by atoms with Crippen molar-refractivity contribution in [1.82, 2.24) is 14.6 Å². The minimum absolute atomic E-state index is 0.0999. The van der Waals surface area contributed by atoms with Gasteiger partial charge in [-0.1, -0.05) is 26.7 Å². The number of unbranched alkanes of at least 4 members (excludes halogenated alkanes) is 2. The zero-order chi connectivity index (χ0) is 22.9. The van der Waals surface area contributed by atoms with Crippen molar-refractivity contribution in [2.45, 2.75) is 57.9 Å². The van der Waals surface area contributed by atoms with Gasteiger partial charge in [0.2, 0.25) is 15.9 Å². The molecule has 0 aliphatic rings. The summed E-state index contributed by atoms with van der Waals surface area (Å²) >= 11 is 1.27. The van der Waals surface area contributed by atoms with Gasteiger partial charge < -0.3 is 10.6 Å². The van der Waals surface area contributed by atoms with Crippen molar-refractivity contribution in [3.8, 4) is 0 Å². The zero-order valence-corrected chi connectivity index (χ0v) is 19.8. The van der Waals surface area contributed by atoms with Gasteiger partial charge in [-0.2, -0.15) is 4.31 Å². The molecule has 170 valence electrons. The van der Waals surface area contributed by atoms with Crippen molar-refractivity contribution < 1.29 is 18.0 Å². The van der Waals surface area contributed by atoms with Crippen molar-refractivity contribution in [3.05, 3.63) is 40.3 Å². The second kappa shape index (κ2) is 11.9. The number of nitrogens with zero attached hydrogens (tertiary/aromatic N) is 2. The third-order valence-electron chi connectivity index (χ3n) is 4.49. The van der Waals surface area contributed by atoms with E-state index >= 15 is 0 Å². The Kier molecular flexibility index (Phi) is 9.60. The highest BCUT2D eigenvalue weighted by Crippen LogP contribution is 2.22. The molecule has 1 aromatic carbocycles. The van der Waals surface area contributed by atoms with Crippen LogP contribution in [0.1, 0.15) is 62.0 Å². The molecule has 0 aliphatic carbocycles. The standard InChI is InChI=1S/C21H30N4O4S2/c1-4-6-12-22-21(27)19-15-30-20(24-19)14-25(13-7-5-2)31(28,29)18-10-8-17(9-11-18)23-16(3)26/h8-11,15H,4-7,12-14H2,1-3H3,(H,22,27)(H,23,26). The minimum Gasteiger partial charge on any atom is -0.351 e. The molecule has 0 aliphatic heterocycles. The van der Waals surface area contributed by atoms with E-state index in [2.05, 4.69) is 15.6 Å². The molecule has 2 aromatic rings. The number of sulfonamides is 1. The molecule has 0 unspecified atom stereocenters. The number of amides is 2. The first-order valence-corrected chi connectivity index (χ1v) is 12.7. The molecule has 2 rings (SSSR count). The van der Waals surface area contributed by atoms with Gasteiger partial charge in [0.15, 0.2) is 0 Å². The Bertz CT molecular complexity index is 972. The molecule has 31 heavy (non-hydrogen) atoms. The summed E-state index contributed by atoms with van der Waals surface area (Å²) in [6.07, 6.45) is 3.43. The molecule has 1 heterocycles. The lowest BCUT2D eigenvalue weighted by Crippen LogP contribution is -2.31. The van der Waals surface area contributed by atoms with Crippen LogP contribution in [0.3, 0.4) is 0 Å². The second-order valence-electron chi connectivity index (χ2n) is 7.13. The van der Waals surface area contributed by atoms with Crippen LogP contribution in [-0.4, -0.2) is 42.6 Å². The van der Waals surface area contributed by atoms with Gasteiger partial charge in [0.1, 0.15) is 10.7 Å². The molecular formula is C21H30N4O4S2. The molecule has 2 N–H and O–H groups in total. The SMILES string of the molecule is CCCCNC(=O)c1csc(CN(CCCC)S(=O)(=O)c2ccc(NC(C)=O)cc2)n1. The summed E-state index contributed by atoms with van der Waals surface area (Å²) in [6.45, 7) is 6.48. The van der Waals surface area contributed by atoms with Crippen LogP contribution in [0, 0.1) is 0 Å². The number of nitrogens with one attached hydrogen (secondary N) is 2. The van der Waals surface area contributed by atoms with Crippen molar-refractivity contribution in [3.63, 3.8) is 0 Å². The lowest BCUT2D eigenvalue weighted by molar-refractivity contribution is -0.114. The van der Waals surface area contributed by atoms with Gasteiger partial charge in [-0.15, -0.1) is 11.3 Å². The Morgan fingerprint density at radius 2 is 1.77 bits per heavy atom. The fourth-order valence-electron chi connectivity index (χ4n) is 2.79. The smallest absolute Gasteiger partial charge is 0.270 e. The summed E-state index contributed by atoms with van der Waals surface area (Å²) in [5, 5.41) is 7.66. The molecule has 0 fully saturated rings. The van der Waals surface area contributed by atoms with Crippen LogP contribution >= 0.6 is 11.3 Å². The highest BCUT2D eigenvalue weighted by atomic mass is 32.2. The number of rotatable bonds is 12. The van der Waals surface area contributed by atoms with E-state index in [4.69, 9.17) is 0 Å². The van der Waals surface area contributed by atoms with Crippen LogP contribution in [0.5, 0.6) is 0 Å². The molecule has 1 aromatic heterocycles. The van der Waals surface area contributed by atoms with Crippen molar-refractivity contribution in [1.29, 1.82) is 0 Å². The lowest BCUT2D eigenvalue weighted by Gasteiger charge is -2.21. The number of carbonyl (C=O) groups is 2. The number of thiazole rings is 1. The number of aromatic nitrogens is 1. The Labute approximate surface area is 188 Å². The summed E-state index contributed by atoms with van der Waals surface area (Å²) in [5.74, 6) is -0.467. The fraction of sp³-hybridized carbons (Fsp3) is 0.476. The highest BCUT2D eigenvalue weighted by Gasteiger charge is 2.25. The molecule has 0 atom stereocenters. The number of carbonyl (C=O) groups excluding carboxylic acids is 2. The molecular weight excluding hydrogens is 436 g/mol. The maximum Gasteiger partial charge on any atom is 0.270 e. The van der Waals surface area contributed by atoms with Crippen LogP contribution in [0.4, 0.5) is 5.69 Å². The molecule has 0 bridgehead atoms. The van der Waals surface area contributed by atoms with Gasteiger partial charge >= 0.3 is 0 Å². The quantitative estimate of drug-likeness (QED) is 0.465. The third kappa shape index (κ3) is 7.41. The van der Waals surface area contributed by atoms with Gasteiger partial charge in [0, 0.05) is 31.1 Å². The van der Waals surface area contributed by atoms with E-state index in [9.17, 15) is 18.0 Å². The average molecular weight is 467 g/mol. The normalized spacial score (nSPS) is 11.5. The fourth-order valence-corrected chi connectivity index (χ4v) is 5.10. The van der Waals surface area contributed by atoms with E-state index in [1.165, 1.54) is 34.7 Å². The maximum atomic E-state index is 13.2. The summed E-state index contributed by atoms with van der Waals surface area (Å²) in [5.41, 5.74) is 0.841. The Morgan fingerprint density at radius 1 is 1.10 bits per heavy atom. The first kappa shape index (κ1) is 25.0. The number of anilines is 1. The van der Waals surface area contributed by atoms with E-state index in [0.717, 1.165) is 19.3 Å². The van der Waals surface area contributed by atoms with Crippen LogP contribution < -0.4 is 10.6 Å². The Balaban J connectivity index is 2.17. The number of hydrogen-bond acceptors (Lipinski definition) is 6. The van der Waals surface area contributed by atoms with E-state index in [1.807, 2.05) is 13.8 Å². The van der Waals surface area contributed by atoms with Gasteiger partial charge in [0.05, 0.1) is 11.4 Å². The number of hydrogen-bond donors (Lipinski definition) is 2. The predicted octanol–water partition coefficient (Wildman–Crippen LogP) is 3.62. The highest BCUT2D eigenvalue weighted by molar-refractivity contribution is 7.89. The first-order chi connectivity index (χ1) is 14.8. The van der Waals surface area contributed by atoms with E-state index in [1.54, 1.807) is 17.5 Å². The van der Waals surface area contributed by atoms with Gasteiger partial charge in [-0.25, -0.2) is 13.4 Å². The molecule has 0 saturated carbocycles. The summed E-state index contributed by atoms with van der Waals surface area (Å²) in [4.78, 5) is 27.9. The molecule has 2 amide bonds. The number of benzene rings is 1. The van der Waals surface area contributed by atoms with Gasteiger partial charge in [-0.05, 0) is 37.1 Å². The van der Waals surface area contributed by atoms with Crippen molar-refractivity contribution >= 4 is 38.9 Å². The Morgan fingerprint density at radius 3 is 2.39 bits per heavy atom. The average Bonchev–Trinajstić information content (AvgIpc) is 3.20. The third-order valence-corrected chi connectivity index (χ3v) is 7.18. The largest absolute Gasteiger partial charge is 0.351 e. The van der Waals surface area contributed by atoms with Crippen molar-refractivity contribution in [2.75, 3.05) is 18.4 Å². The molecule has 0 spiro atoms. The van der Waals surface area contributed by atoms with E-state index < -0.39 is 10.0 Å². The zero-order valence-electron chi connectivity index (χ0n) is 18.2. The molecule has 10 heteroatoms. The van der Waals surface area contributed by atoms with Crippen molar-refractivity contribution in [2.24, 2.45) is 0 Å². The summed E-state index contributed by atoms with van der Waals surface area (Å²) in [7, 11) is -3.76. The molecule has 8 nitrogen and oxygen atoms in total. The monoisotopic (exact) mass is 466 g/mol. The van der Waals surface area contributed by atoms with Gasteiger partial charge in [-0.3, -0.25) is 9.59 Å². The maximum absolute atomic E-state index is 13.2. The van der Waals surface area contributed by atoms with Crippen LogP contribution in [-0.2, 0) is 21.4 Å². The summed E-state index contributed by atoms with van der Waals surface area (Å²) < 4.78 is 27.8. The van der Waals surface area contributed by atoms with Crippen LogP contribution in [0.2, 0.25) is 0 Å². The second-order valence-corrected chi connectivity index (χ2v) is 10.0. The van der Waals surface area contributed by atoms with Crippen LogP contribution in [0.15, 0.2) is 34.5 Å². The first-order valence-electron chi connectivity index (χ1n) is 10.4. The predicted molar refractivity (Wildman–Crippen MR) is 123 cm³/mol. The van der Waals surface area contributed by atoms with E-state index in [-0.39, 0.29) is 23.3 Å². The lowest BCUT2D eigenvalue weighted by atomic mass is 10.3.